The van der Waals surface area contributed by atoms with Gasteiger partial charge in [-0.25, -0.2) is 4.79 Å². The number of carbonyl (C=O) groups is 2. The number of morpholine rings is 1. The van der Waals surface area contributed by atoms with E-state index in [1.807, 2.05) is 11.0 Å². The maximum Gasteiger partial charge on any atom is 0.338 e. The van der Waals surface area contributed by atoms with E-state index < -0.39 is 0 Å². The fourth-order valence-electron chi connectivity index (χ4n) is 7.87. The van der Waals surface area contributed by atoms with E-state index >= 15 is 0 Å². The Hall–Kier alpha value is -2.86. The van der Waals surface area contributed by atoms with E-state index in [-0.39, 0.29) is 36.2 Å². The number of methoxy groups -OCH3 is 1. The highest BCUT2D eigenvalue weighted by Crippen LogP contribution is 2.59. The zero-order chi connectivity index (χ0) is 26.4. The van der Waals surface area contributed by atoms with Gasteiger partial charge in [-0.2, -0.15) is 0 Å². The zero-order valence-electron chi connectivity index (χ0n) is 22.9. The fraction of sp³-hybridized carbons (Fsp3) is 0.562. The van der Waals surface area contributed by atoms with Crippen molar-refractivity contribution in [2.75, 3.05) is 25.1 Å². The van der Waals surface area contributed by atoms with Crippen LogP contribution in [0.5, 0.6) is 0 Å². The standard InChI is InChI=1S/C32H40N2O4/c1-20-18-33(19-21(2)38-20)31(35)27-17-16-24-25(32(36)37-3)14-15-26-28(22-10-6-4-7-11-22)29(34(27)30(24)26)23-12-8-5-9-13-23/h5,8-9,12-15,20-22,27-29H,4,6-7,10-11,16-19H2,1-3H3. The van der Waals surface area contributed by atoms with Crippen LogP contribution in [0.1, 0.15) is 91.4 Å². The molecule has 1 amide bonds. The Kier molecular flexibility index (Phi) is 6.93. The Balaban J connectivity index is 1.50. The first-order chi connectivity index (χ1) is 18.5. The van der Waals surface area contributed by atoms with E-state index in [0.717, 1.165) is 11.3 Å². The summed E-state index contributed by atoms with van der Waals surface area (Å²) in [4.78, 5) is 31.6. The average molecular weight is 517 g/mol. The van der Waals surface area contributed by atoms with Crippen molar-refractivity contribution in [3.8, 4) is 0 Å². The second kappa shape index (κ2) is 10.4. The number of rotatable bonds is 4. The van der Waals surface area contributed by atoms with Gasteiger partial charge in [0.1, 0.15) is 6.04 Å². The molecule has 3 aliphatic heterocycles. The van der Waals surface area contributed by atoms with Gasteiger partial charge in [-0.1, -0.05) is 55.7 Å². The van der Waals surface area contributed by atoms with E-state index in [4.69, 9.17) is 9.47 Å². The quantitative estimate of drug-likeness (QED) is 0.492. The normalized spacial score (nSPS) is 29.2. The lowest BCUT2D eigenvalue weighted by atomic mass is 9.73. The maximum absolute atomic E-state index is 14.3. The number of hydrogen-bond acceptors (Lipinski definition) is 5. The first-order valence-corrected chi connectivity index (χ1v) is 14.5. The van der Waals surface area contributed by atoms with Gasteiger partial charge in [-0.05, 0) is 68.2 Å². The van der Waals surface area contributed by atoms with E-state index in [1.54, 1.807) is 0 Å². The molecule has 6 nitrogen and oxygen atoms in total. The van der Waals surface area contributed by atoms with Crippen molar-refractivity contribution in [3.05, 3.63) is 64.7 Å². The number of amides is 1. The summed E-state index contributed by atoms with van der Waals surface area (Å²) in [5.74, 6) is 0.763. The van der Waals surface area contributed by atoms with Crippen LogP contribution in [0.2, 0.25) is 0 Å². The predicted octanol–water partition coefficient (Wildman–Crippen LogP) is 5.65. The van der Waals surface area contributed by atoms with Gasteiger partial charge in [0.25, 0.3) is 0 Å². The van der Waals surface area contributed by atoms with Crippen molar-refractivity contribution in [1.82, 2.24) is 4.90 Å². The lowest BCUT2D eigenvalue weighted by Gasteiger charge is -2.45. The number of carbonyl (C=O) groups excluding carboxylic acids is 2. The largest absolute Gasteiger partial charge is 0.465 e. The third-order valence-electron chi connectivity index (χ3n) is 9.30. The molecule has 2 aromatic rings. The molecule has 202 valence electrons. The molecule has 0 radical (unpaired) electrons. The minimum atomic E-state index is -0.291. The SMILES string of the molecule is COC(=O)c1ccc2c3c1CCC(C(=O)N1CC(C)OC(C)C1)N3C(c1ccccc1)C2C1CCCCC1. The molecule has 1 saturated carbocycles. The first-order valence-electron chi connectivity index (χ1n) is 14.5. The van der Waals surface area contributed by atoms with Crippen LogP contribution in [0.15, 0.2) is 42.5 Å². The van der Waals surface area contributed by atoms with Crippen LogP contribution in [-0.4, -0.2) is 55.2 Å². The summed E-state index contributed by atoms with van der Waals surface area (Å²) in [5.41, 5.74) is 5.40. The van der Waals surface area contributed by atoms with E-state index in [0.29, 0.717) is 43.3 Å². The maximum atomic E-state index is 14.3. The third-order valence-corrected chi connectivity index (χ3v) is 9.30. The topological polar surface area (TPSA) is 59.1 Å². The molecule has 1 aliphatic carbocycles. The third kappa shape index (κ3) is 4.31. The smallest absolute Gasteiger partial charge is 0.338 e. The molecule has 2 fully saturated rings. The van der Waals surface area contributed by atoms with Gasteiger partial charge in [0, 0.05) is 24.7 Å². The van der Waals surface area contributed by atoms with Crippen molar-refractivity contribution in [2.45, 2.75) is 89.0 Å². The molecule has 5 unspecified atom stereocenters. The lowest BCUT2D eigenvalue weighted by molar-refractivity contribution is -0.145. The number of anilines is 1. The summed E-state index contributed by atoms with van der Waals surface area (Å²) < 4.78 is 11.2. The molecule has 2 aromatic carbocycles. The van der Waals surface area contributed by atoms with Crippen LogP contribution < -0.4 is 4.90 Å². The molecule has 38 heavy (non-hydrogen) atoms. The molecule has 3 heterocycles. The van der Waals surface area contributed by atoms with Gasteiger partial charge in [-0.15, -0.1) is 0 Å². The van der Waals surface area contributed by atoms with Crippen LogP contribution >= 0.6 is 0 Å². The van der Waals surface area contributed by atoms with Crippen LogP contribution in [0.25, 0.3) is 0 Å². The molecular weight excluding hydrogens is 476 g/mol. The Morgan fingerprint density at radius 3 is 2.32 bits per heavy atom. The zero-order valence-corrected chi connectivity index (χ0v) is 22.9. The summed E-state index contributed by atoms with van der Waals surface area (Å²) in [6.45, 7) is 5.35. The number of ether oxygens (including phenoxy) is 2. The van der Waals surface area contributed by atoms with Gasteiger partial charge < -0.3 is 19.3 Å². The Labute approximate surface area is 226 Å². The number of nitrogens with zero attached hydrogens (tertiary/aromatic N) is 2. The molecule has 0 aromatic heterocycles. The summed E-state index contributed by atoms with van der Waals surface area (Å²) >= 11 is 0. The summed E-state index contributed by atoms with van der Waals surface area (Å²) in [6.07, 6.45) is 7.70. The Morgan fingerprint density at radius 1 is 0.921 bits per heavy atom. The molecule has 6 heteroatoms. The molecule has 5 atom stereocenters. The van der Waals surface area contributed by atoms with Crippen molar-refractivity contribution < 1.29 is 19.1 Å². The molecule has 6 rings (SSSR count). The van der Waals surface area contributed by atoms with E-state index in [9.17, 15) is 9.59 Å². The highest BCUT2D eigenvalue weighted by atomic mass is 16.5. The van der Waals surface area contributed by atoms with Crippen molar-refractivity contribution in [2.24, 2.45) is 5.92 Å². The monoisotopic (exact) mass is 516 g/mol. The van der Waals surface area contributed by atoms with Gasteiger partial charge >= 0.3 is 5.97 Å². The number of hydrogen-bond donors (Lipinski definition) is 0. The fourth-order valence-corrected chi connectivity index (χ4v) is 7.87. The van der Waals surface area contributed by atoms with Gasteiger partial charge in [0.2, 0.25) is 5.91 Å². The van der Waals surface area contributed by atoms with Gasteiger partial charge in [0.15, 0.2) is 0 Å². The van der Waals surface area contributed by atoms with Crippen molar-refractivity contribution in [3.63, 3.8) is 0 Å². The molecule has 4 aliphatic rings. The Morgan fingerprint density at radius 2 is 1.63 bits per heavy atom. The Bertz CT molecular complexity index is 1180. The second-order valence-corrected chi connectivity index (χ2v) is 11.8. The molecule has 0 N–H and O–H groups in total. The van der Waals surface area contributed by atoms with Crippen LogP contribution in [0.4, 0.5) is 5.69 Å². The minimum absolute atomic E-state index is 0.0264. The van der Waals surface area contributed by atoms with Crippen LogP contribution in [0.3, 0.4) is 0 Å². The highest BCUT2D eigenvalue weighted by Gasteiger charge is 2.51. The molecular formula is C32H40N2O4. The number of esters is 1. The summed E-state index contributed by atoms with van der Waals surface area (Å²) in [5, 5.41) is 0. The lowest BCUT2D eigenvalue weighted by Crippen LogP contribution is -2.56. The van der Waals surface area contributed by atoms with Gasteiger partial charge in [-0.3, -0.25) is 4.79 Å². The predicted molar refractivity (Wildman–Crippen MR) is 147 cm³/mol. The van der Waals surface area contributed by atoms with E-state index in [2.05, 4.69) is 55.1 Å². The van der Waals surface area contributed by atoms with Gasteiger partial charge in [0.05, 0.1) is 30.9 Å². The molecule has 1 saturated heterocycles. The minimum Gasteiger partial charge on any atom is -0.465 e. The van der Waals surface area contributed by atoms with Crippen LogP contribution in [0, 0.1) is 5.92 Å². The first kappa shape index (κ1) is 25.4. The van der Waals surface area contributed by atoms with Crippen LogP contribution in [-0.2, 0) is 20.7 Å². The van der Waals surface area contributed by atoms with E-state index in [1.165, 1.54) is 50.3 Å². The summed E-state index contributed by atoms with van der Waals surface area (Å²) in [6, 6.07) is 14.7. The van der Waals surface area contributed by atoms with Crippen molar-refractivity contribution >= 4 is 17.6 Å². The summed E-state index contributed by atoms with van der Waals surface area (Å²) in [7, 11) is 1.45. The highest BCUT2D eigenvalue weighted by molar-refractivity contribution is 5.96. The second-order valence-electron chi connectivity index (χ2n) is 11.8. The molecule has 0 bridgehead atoms. The number of benzene rings is 2. The average Bonchev–Trinajstić information content (AvgIpc) is 3.29. The van der Waals surface area contributed by atoms with Crippen molar-refractivity contribution in [1.29, 1.82) is 0 Å². The molecule has 0 spiro atoms.